The fraction of sp³-hybridized carbons (Fsp3) is 0.133. The standard InChI is InChI=1S/C15H15BrN2O4S/c1-22-13-4-2-3-12(9-13)18(10-15(17)19)23(20,21)14-7-5-11(16)6-8-14/h2-9H,10H2,1H3,(H2,17,19). The molecule has 0 aliphatic heterocycles. The van der Waals surface area contributed by atoms with Crippen LogP contribution in [0.15, 0.2) is 57.9 Å². The summed E-state index contributed by atoms with van der Waals surface area (Å²) < 4.78 is 32.5. The second-order valence-corrected chi connectivity index (χ2v) is 7.41. The van der Waals surface area contributed by atoms with Crippen molar-refractivity contribution in [2.75, 3.05) is 18.0 Å². The number of rotatable bonds is 6. The van der Waals surface area contributed by atoms with Crippen LogP contribution in [0.4, 0.5) is 5.69 Å². The zero-order chi connectivity index (χ0) is 17.0. The highest BCUT2D eigenvalue weighted by Gasteiger charge is 2.26. The number of methoxy groups -OCH3 is 1. The van der Waals surface area contributed by atoms with Crippen LogP contribution < -0.4 is 14.8 Å². The maximum absolute atomic E-state index is 12.8. The third-order valence-corrected chi connectivity index (χ3v) is 5.36. The van der Waals surface area contributed by atoms with E-state index in [0.29, 0.717) is 11.4 Å². The summed E-state index contributed by atoms with van der Waals surface area (Å²) in [5.41, 5.74) is 5.51. The van der Waals surface area contributed by atoms with Gasteiger partial charge in [-0.15, -0.1) is 0 Å². The van der Waals surface area contributed by atoms with Crippen LogP contribution in [-0.4, -0.2) is 28.0 Å². The summed E-state index contributed by atoms with van der Waals surface area (Å²) in [5, 5.41) is 0. The molecule has 0 saturated carbocycles. The van der Waals surface area contributed by atoms with Crippen LogP contribution in [0.25, 0.3) is 0 Å². The average Bonchev–Trinajstić information content (AvgIpc) is 2.52. The van der Waals surface area contributed by atoms with E-state index in [2.05, 4.69) is 15.9 Å². The number of carbonyl (C=O) groups is 1. The van der Waals surface area contributed by atoms with Crippen molar-refractivity contribution in [2.24, 2.45) is 5.73 Å². The number of primary amides is 1. The Balaban J connectivity index is 2.52. The normalized spacial score (nSPS) is 11.0. The van der Waals surface area contributed by atoms with Crippen molar-refractivity contribution in [3.8, 4) is 5.75 Å². The van der Waals surface area contributed by atoms with Crippen LogP contribution in [0.1, 0.15) is 0 Å². The first-order valence-electron chi connectivity index (χ1n) is 6.55. The zero-order valence-electron chi connectivity index (χ0n) is 12.3. The number of amides is 1. The van der Waals surface area contributed by atoms with Crippen molar-refractivity contribution in [3.63, 3.8) is 0 Å². The number of benzene rings is 2. The second-order valence-electron chi connectivity index (χ2n) is 4.63. The van der Waals surface area contributed by atoms with Gasteiger partial charge in [-0.05, 0) is 36.4 Å². The molecule has 23 heavy (non-hydrogen) atoms. The SMILES string of the molecule is COc1cccc(N(CC(N)=O)S(=O)(=O)c2ccc(Br)cc2)c1. The van der Waals surface area contributed by atoms with Crippen molar-refractivity contribution in [2.45, 2.75) is 4.90 Å². The molecule has 0 atom stereocenters. The maximum Gasteiger partial charge on any atom is 0.264 e. The number of halogens is 1. The van der Waals surface area contributed by atoms with Gasteiger partial charge < -0.3 is 10.5 Å². The molecule has 0 heterocycles. The van der Waals surface area contributed by atoms with E-state index in [4.69, 9.17) is 10.5 Å². The lowest BCUT2D eigenvalue weighted by molar-refractivity contribution is -0.116. The highest BCUT2D eigenvalue weighted by Crippen LogP contribution is 2.27. The molecule has 6 nitrogen and oxygen atoms in total. The average molecular weight is 399 g/mol. The summed E-state index contributed by atoms with van der Waals surface area (Å²) in [5.74, 6) is -0.281. The van der Waals surface area contributed by atoms with Crippen LogP contribution in [-0.2, 0) is 14.8 Å². The van der Waals surface area contributed by atoms with Gasteiger partial charge in [0.05, 0.1) is 17.7 Å². The second kappa shape index (κ2) is 7.01. The molecular weight excluding hydrogens is 384 g/mol. The first kappa shape index (κ1) is 17.3. The fourth-order valence-corrected chi connectivity index (χ4v) is 3.64. The summed E-state index contributed by atoms with van der Waals surface area (Å²) in [6.45, 7) is -0.467. The molecule has 2 aromatic rings. The van der Waals surface area contributed by atoms with E-state index in [1.165, 1.54) is 25.3 Å². The Labute approximate surface area is 143 Å². The first-order valence-corrected chi connectivity index (χ1v) is 8.78. The number of hydrogen-bond acceptors (Lipinski definition) is 4. The van der Waals surface area contributed by atoms with E-state index in [-0.39, 0.29) is 4.90 Å². The van der Waals surface area contributed by atoms with Crippen LogP contribution >= 0.6 is 15.9 Å². The van der Waals surface area contributed by atoms with Crippen LogP contribution in [0.3, 0.4) is 0 Å². The summed E-state index contributed by atoms with van der Waals surface area (Å²) >= 11 is 3.25. The first-order chi connectivity index (χ1) is 10.8. The van der Waals surface area contributed by atoms with Gasteiger partial charge in [-0.3, -0.25) is 9.10 Å². The summed E-state index contributed by atoms with van der Waals surface area (Å²) in [7, 11) is -2.46. The Hall–Kier alpha value is -2.06. The maximum atomic E-state index is 12.8. The van der Waals surface area contributed by atoms with E-state index in [9.17, 15) is 13.2 Å². The topological polar surface area (TPSA) is 89.7 Å². The third-order valence-electron chi connectivity index (χ3n) is 3.04. The quantitative estimate of drug-likeness (QED) is 0.806. The fourth-order valence-electron chi connectivity index (χ4n) is 1.96. The third kappa shape index (κ3) is 4.02. The number of carbonyl (C=O) groups excluding carboxylic acids is 1. The summed E-state index contributed by atoms with van der Waals surface area (Å²) in [6, 6.07) is 12.5. The Morgan fingerprint density at radius 2 is 1.87 bits per heavy atom. The molecule has 0 aliphatic carbocycles. The number of ether oxygens (including phenoxy) is 1. The van der Waals surface area contributed by atoms with Gasteiger partial charge in [0.25, 0.3) is 10.0 Å². The number of hydrogen-bond donors (Lipinski definition) is 1. The molecule has 0 radical (unpaired) electrons. The molecule has 2 aromatic carbocycles. The van der Waals surface area contributed by atoms with E-state index in [1.54, 1.807) is 30.3 Å². The van der Waals surface area contributed by atoms with E-state index in [1.807, 2.05) is 0 Å². The largest absolute Gasteiger partial charge is 0.497 e. The number of nitrogens with two attached hydrogens (primary N) is 1. The molecule has 2 rings (SSSR count). The minimum absolute atomic E-state index is 0.0600. The van der Waals surface area contributed by atoms with Crippen molar-refractivity contribution >= 4 is 37.5 Å². The molecule has 0 saturated heterocycles. The lowest BCUT2D eigenvalue weighted by Crippen LogP contribution is -2.38. The van der Waals surface area contributed by atoms with Crippen LogP contribution in [0.5, 0.6) is 5.75 Å². The minimum atomic E-state index is -3.93. The monoisotopic (exact) mass is 398 g/mol. The number of anilines is 1. The molecule has 8 heteroatoms. The van der Waals surface area contributed by atoms with E-state index >= 15 is 0 Å². The number of sulfonamides is 1. The molecule has 0 unspecified atom stereocenters. The van der Waals surface area contributed by atoms with E-state index in [0.717, 1.165) is 8.78 Å². The van der Waals surface area contributed by atoms with Gasteiger partial charge in [-0.25, -0.2) is 8.42 Å². The lowest BCUT2D eigenvalue weighted by Gasteiger charge is -2.23. The number of nitrogens with zero attached hydrogens (tertiary/aromatic N) is 1. The highest BCUT2D eigenvalue weighted by atomic mass is 79.9. The van der Waals surface area contributed by atoms with Gasteiger partial charge in [-0.2, -0.15) is 0 Å². The van der Waals surface area contributed by atoms with Gasteiger partial charge in [0, 0.05) is 10.5 Å². The molecule has 0 spiro atoms. The molecule has 1 amide bonds. The van der Waals surface area contributed by atoms with E-state index < -0.39 is 22.5 Å². The predicted molar refractivity (Wildman–Crippen MR) is 90.9 cm³/mol. The van der Waals surface area contributed by atoms with Crippen LogP contribution in [0, 0.1) is 0 Å². The smallest absolute Gasteiger partial charge is 0.264 e. The molecule has 0 aliphatic rings. The Morgan fingerprint density at radius 3 is 2.43 bits per heavy atom. The van der Waals surface area contributed by atoms with Crippen molar-refractivity contribution in [1.82, 2.24) is 0 Å². The Kier molecular flexibility index (Phi) is 5.27. The highest BCUT2D eigenvalue weighted by molar-refractivity contribution is 9.10. The molecule has 122 valence electrons. The van der Waals surface area contributed by atoms with Crippen molar-refractivity contribution in [3.05, 3.63) is 53.0 Å². The Morgan fingerprint density at radius 1 is 1.22 bits per heavy atom. The van der Waals surface area contributed by atoms with Crippen LogP contribution in [0.2, 0.25) is 0 Å². The molecule has 0 bridgehead atoms. The molecule has 0 aromatic heterocycles. The molecule has 0 fully saturated rings. The summed E-state index contributed by atoms with van der Waals surface area (Å²) in [4.78, 5) is 11.4. The van der Waals surface area contributed by atoms with Gasteiger partial charge >= 0.3 is 0 Å². The van der Waals surface area contributed by atoms with Crippen molar-refractivity contribution < 1.29 is 17.9 Å². The Bertz CT molecular complexity index is 806. The minimum Gasteiger partial charge on any atom is -0.497 e. The van der Waals surface area contributed by atoms with Gasteiger partial charge in [0.2, 0.25) is 5.91 Å². The van der Waals surface area contributed by atoms with Gasteiger partial charge in [0.1, 0.15) is 12.3 Å². The van der Waals surface area contributed by atoms with Gasteiger partial charge in [-0.1, -0.05) is 22.0 Å². The predicted octanol–water partition coefficient (Wildman–Crippen LogP) is 2.14. The molecular formula is C15H15BrN2O4S. The van der Waals surface area contributed by atoms with Gasteiger partial charge in [0.15, 0.2) is 0 Å². The lowest BCUT2D eigenvalue weighted by atomic mass is 10.3. The van der Waals surface area contributed by atoms with Crippen molar-refractivity contribution in [1.29, 1.82) is 0 Å². The summed E-state index contributed by atoms with van der Waals surface area (Å²) in [6.07, 6.45) is 0. The zero-order valence-corrected chi connectivity index (χ0v) is 14.7. The molecule has 2 N–H and O–H groups in total.